The Bertz CT molecular complexity index is 446. The third-order valence-electron chi connectivity index (χ3n) is 1.71. The van der Waals surface area contributed by atoms with Gasteiger partial charge >= 0.3 is 0 Å². The molecule has 1 aromatic carbocycles. The molecule has 0 amide bonds. The molecule has 0 fully saturated rings. The first-order valence-electron chi connectivity index (χ1n) is 4.70. The van der Waals surface area contributed by atoms with Crippen molar-refractivity contribution >= 4 is 16.9 Å². The van der Waals surface area contributed by atoms with E-state index in [0.717, 1.165) is 0 Å². The van der Waals surface area contributed by atoms with Gasteiger partial charge in [-0.1, -0.05) is 23.6 Å². The number of halogens is 1. The lowest BCUT2D eigenvalue weighted by Crippen LogP contribution is -1.84. The van der Waals surface area contributed by atoms with E-state index in [1.54, 1.807) is 0 Å². The zero-order valence-electron chi connectivity index (χ0n) is 8.79. The van der Waals surface area contributed by atoms with E-state index in [1.807, 2.05) is 0 Å². The zero-order chi connectivity index (χ0) is 12.0. The normalized spacial score (nSPS) is 9.38. The Kier molecular flexibility index (Phi) is 4.87. The number of thioether (sulfide) groups is 1. The number of phenolic OH excluding ortho intramolecular Hbond substituents is 1. The van der Waals surface area contributed by atoms with Crippen molar-refractivity contribution < 1.29 is 14.3 Å². The van der Waals surface area contributed by atoms with Gasteiger partial charge in [-0.3, -0.25) is 4.79 Å². The highest BCUT2D eigenvalue weighted by atomic mass is 32.2. The SMILES string of the molecule is CC(=O)SCCC#Cc1ccc(F)c(O)c1. The highest BCUT2D eigenvalue weighted by Gasteiger charge is 1.98. The van der Waals surface area contributed by atoms with Crippen molar-refractivity contribution in [1.82, 2.24) is 0 Å². The van der Waals surface area contributed by atoms with Crippen LogP contribution in [0.15, 0.2) is 18.2 Å². The van der Waals surface area contributed by atoms with E-state index in [0.29, 0.717) is 17.7 Å². The molecule has 0 radical (unpaired) electrons. The third kappa shape index (κ3) is 4.37. The molecule has 0 heterocycles. The Hall–Kier alpha value is -1.47. The molecular weight excluding hydrogens is 227 g/mol. The molecular formula is C12H11FO2S. The maximum Gasteiger partial charge on any atom is 0.185 e. The number of phenols is 1. The van der Waals surface area contributed by atoms with Crippen LogP contribution in [-0.4, -0.2) is 16.0 Å². The number of carbonyl (C=O) groups is 1. The number of aromatic hydroxyl groups is 1. The van der Waals surface area contributed by atoms with Crippen molar-refractivity contribution in [1.29, 1.82) is 0 Å². The maximum atomic E-state index is 12.7. The molecule has 1 rings (SSSR count). The van der Waals surface area contributed by atoms with Crippen molar-refractivity contribution in [3.05, 3.63) is 29.6 Å². The Labute approximate surface area is 97.9 Å². The molecule has 0 saturated heterocycles. The molecule has 2 nitrogen and oxygen atoms in total. The average Bonchev–Trinajstić information content (AvgIpc) is 2.22. The van der Waals surface area contributed by atoms with E-state index < -0.39 is 11.6 Å². The number of hydrogen-bond donors (Lipinski definition) is 1. The van der Waals surface area contributed by atoms with E-state index in [2.05, 4.69) is 11.8 Å². The molecule has 1 N–H and O–H groups in total. The second kappa shape index (κ2) is 6.19. The number of rotatable bonds is 2. The van der Waals surface area contributed by atoms with Crippen LogP contribution in [0, 0.1) is 17.7 Å². The summed E-state index contributed by atoms with van der Waals surface area (Å²) < 4.78 is 12.7. The van der Waals surface area contributed by atoms with Crippen molar-refractivity contribution in [2.75, 3.05) is 5.75 Å². The van der Waals surface area contributed by atoms with Gasteiger partial charge in [0.05, 0.1) is 0 Å². The number of hydrogen-bond acceptors (Lipinski definition) is 3. The lowest BCUT2D eigenvalue weighted by molar-refractivity contribution is -0.109. The molecule has 0 atom stereocenters. The summed E-state index contributed by atoms with van der Waals surface area (Å²) >= 11 is 1.22. The molecule has 0 saturated carbocycles. The first kappa shape index (κ1) is 12.6. The summed E-state index contributed by atoms with van der Waals surface area (Å²) in [4.78, 5) is 10.6. The second-order valence-corrected chi connectivity index (χ2v) is 4.33. The predicted octanol–water partition coefficient (Wildman–Crippen LogP) is 2.55. The molecule has 1 aromatic rings. The van der Waals surface area contributed by atoms with E-state index in [4.69, 9.17) is 5.11 Å². The van der Waals surface area contributed by atoms with Gasteiger partial charge in [-0.15, -0.1) is 0 Å². The minimum Gasteiger partial charge on any atom is -0.505 e. The van der Waals surface area contributed by atoms with Gasteiger partial charge in [0, 0.05) is 24.7 Å². The Balaban J connectivity index is 2.50. The molecule has 0 aliphatic heterocycles. The molecule has 84 valence electrons. The van der Waals surface area contributed by atoms with Crippen molar-refractivity contribution in [3.63, 3.8) is 0 Å². The summed E-state index contributed by atoms with van der Waals surface area (Å²) in [6.45, 7) is 1.51. The smallest absolute Gasteiger partial charge is 0.185 e. The van der Waals surface area contributed by atoms with Crippen LogP contribution in [0.2, 0.25) is 0 Å². The summed E-state index contributed by atoms with van der Waals surface area (Å²) in [5, 5.41) is 9.15. The van der Waals surface area contributed by atoms with E-state index in [-0.39, 0.29) is 5.12 Å². The molecule has 0 aromatic heterocycles. The summed E-state index contributed by atoms with van der Waals surface area (Å²) in [7, 11) is 0. The number of carbonyl (C=O) groups excluding carboxylic acids is 1. The van der Waals surface area contributed by atoms with Crippen LogP contribution >= 0.6 is 11.8 Å². The largest absolute Gasteiger partial charge is 0.505 e. The lowest BCUT2D eigenvalue weighted by atomic mass is 10.2. The van der Waals surface area contributed by atoms with Crippen LogP contribution in [0.3, 0.4) is 0 Å². The molecule has 4 heteroatoms. The highest BCUT2D eigenvalue weighted by molar-refractivity contribution is 8.13. The fraction of sp³-hybridized carbons (Fsp3) is 0.250. The van der Waals surface area contributed by atoms with Crippen LogP contribution in [0.4, 0.5) is 4.39 Å². The molecule has 0 aliphatic carbocycles. The van der Waals surface area contributed by atoms with Crippen LogP contribution in [0.25, 0.3) is 0 Å². The molecule has 0 spiro atoms. The molecule has 0 bridgehead atoms. The van der Waals surface area contributed by atoms with E-state index >= 15 is 0 Å². The molecule has 0 aliphatic rings. The maximum absolute atomic E-state index is 12.7. The Morgan fingerprint density at radius 1 is 1.56 bits per heavy atom. The Morgan fingerprint density at radius 3 is 2.94 bits per heavy atom. The average molecular weight is 238 g/mol. The first-order chi connectivity index (χ1) is 7.59. The number of benzene rings is 1. The quantitative estimate of drug-likeness (QED) is 0.635. The first-order valence-corrected chi connectivity index (χ1v) is 5.69. The fourth-order valence-electron chi connectivity index (χ4n) is 1.00. The zero-order valence-corrected chi connectivity index (χ0v) is 9.60. The second-order valence-electron chi connectivity index (χ2n) is 3.06. The fourth-order valence-corrected chi connectivity index (χ4v) is 1.49. The van der Waals surface area contributed by atoms with Gasteiger partial charge in [-0.05, 0) is 18.2 Å². The van der Waals surface area contributed by atoms with Crippen molar-refractivity contribution in [2.45, 2.75) is 13.3 Å². The molecule has 16 heavy (non-hydrogen) atoms. The third-order valence-corrected chi connectivity index (χ3v) is 2.53. The van der Waals surface area contributed by atoms with Gasteiger partial charge in [0.15, 0.2) is 16.7 Å². The van der Waals surface area contributed by atoms with E-state index in [9.17, 15) is 9.18 Å². The van der Waals surface area contributed by atoms with Gasteiger partial charge in [-0.2, -0.15) is 0 Å². The van der Waals surface area contributed by atoms with Gasteiger partial charge in [0.2, 0.25) is 0 Å². The summed E-state index contributed by atoms with van der Waals surface area (Å²) in [5.74, 6) is 5.23. The molecule has 0 unspecified atom stereocenters. The monoisotopic (exact) mass is 238 g/mol. The summed E-state index contributed by atoms with van der Waals surface area (Å²) in [6.07, 6.45) is 0.586. The van der Waals surface area contributed by atoms with Crippen molar-refractivity contribution in [2.24, 2.45) is 0 Å². The summed E-state index contributed by atoms with van der Waals surface area (Å²) in [5.41, 5.74) is 0.562. The van der Waals surface area contributed by atoms with Crippen LogP contribution in [0.1, 0.15) is 18.9 Å². The van der Waals surface area contributed by atoms with Crippen LogP contribution in [0.5, 0.6) is 5.75 Å². The van der Waals surface area contributed by atoms with Gasteiger partial charge in [0.25, 0.3) is 0 Å². The van der Waals surface area contributed by atoms with E-state index in [1.165, 1.54) is 36.9 Å². The Morgan fingerprint density at radius 2 is 2.31 bits per heavy atom. The van der Waals surface area contributed by atoms with Crippen LogP contribution < -0.4 is 0 Å². The predicted molar refractivity (Wildman–Crippen MR) is 62.7 cm³/mol. The lowest BCUT2D eigenvalue weighted by Gasteiger charge is -1.94. The van der Waals surface area contributed by atoms with Crippen molar-refractivity contribution in [3.8, 4) is 17.6 Å². The minimum atomic E-state index is -0.655. The topological polar surface area (TPSA) is 37.3 Å². The summed E-state index contributed by atoms with van der Waals surface area (Å²) in [6, 6.07) is 3.95. The minimum absolute atomic E-state index is 0.0706. The van der Waals surface area contributed by atoms with Crippen LogP contribution in [-0.2, 0) is 4.79 Å². The van der Waals surface area contributed by atoms with Gasteiger partial charge in [-0.25, -0.2) is 4.39 Å². The van der Waals surface area contributed by atoms with Gasteiger partial charge in [0.1, 0.15) is 0 Å². The van der Waals surface area contributed by atoms with Gasteiger partial charge < -0.3 is 5.11 Å². The standard InChI is InChI=1S/C12H11FO2S/c1-9(14)16-7-3-2-4-10-5-6-11(13)12(15)8-10/h5-6,8,15H,3,7H2,1H3. The highest BCUT2D eigenvalue weighted by Crippen LogP contribution is 2.15.